The first-order chi connectivity index (χ1) is 16.6. The molecule has 3 aromatic rings. The van der Waals surface area contributed by atoms with E-state index in [1.807, 2.05) is 12.3 Å². The van der Waals surface area contributed by atoms with Crippen molar-refractivity contribution in [3.63, 3.8) is 0 Å². The lowest BCUT2D eigenvalue weighted by molar-refractivity contribution is 0.00732. The fraction of sp³-hybridized carbons (Fsp3) is 0.478. The molecule has 3 N–H and O–H groups in total. The number of fused-ring (bicyclic) bond motifs is 1. The van der Waals surface area contributed by atoms with E-state index in [1.54, 1.807) is 35.4 Å². The van der Waals surface area contributed by atoms with Crippen LogP contribution in [0.25, 0.3) is 5.65 Å². The van der Waals surface area contributed by atoms with Gasteiger partial charge in [-0.1, -0.05) is 0 Å². The molecule has 4 heterocycles. The quantitative estimate of drug-likeness (QED) is 0.482. The molecule has 34 heavy (non-hydrogen) atoms. The summed E-state index contributed by atoms with van der Waals surface area (Å²) in [6.07, 6.45) is 6.75. The van der Waals surface area contributed by atoms with E-state index < -0.39 is 0 Å². The van der Waals surface area contributed by atoms with Crippen molar-refractivity contribution in [2.24, 2.45) is 0 Å². The van der Waals surface area contributed by atoms with Gasteiger partial charge >= 0.3 is 0 Å². The normalized spacial score (nSPS) is 20.6. The SMILES string of the molecule is CNc1cc(Nc2cccn(C3CCOCC3)c2=O)nc2c(C(=O)N[C@H]3CC[C@@H]3OC)cnn12. The molecule has 0 spiro atoms. The summed E-state index contributed by atoms with van der Waals surface area (Å²) >= 11 is 0. The number of aromatic nitrogens is 4. The van der Waals surface area contributed by atoms with E-state index in [-0.39, 0.29) is 29.7 Å². The fourth-order valence-electron chi connectivity index (χ4n) is 4.52. The minimum Gasteiger partial charge on any atom is -0.381 e. The van der Waals surface area contributed by atoms with Crippen molar-refractivity contribution in [2.45, 2.75) is 43.9 Å². The molecular formula is C23H29N7O4. The summed E-state index contributed by atoms with van der Waals surface area (Å²) in [6, 6.07) is 5.41. The zero-order chi connectivity index (χ0) is 23.7. The number of rotatable bonds is 7. The van der Waals surface area contributed by atoms with Crippen LogP contribution in [0.3, 0.4) is 0 Å². The Morgan fingerprint density at radius 2 is 2.06 bits per heavy atom. The molecule has 0 aromatic carbocycles. The summed E-state index contributed by atoms with van der Waals surface area (Å²) in [5.41, 5.74) is 1.04. The van der Waals surface area contributed by atoms with Crippen LogP contribution in [0.15, 0.2) is 35.4 Å². The Morgan fingerprint density at radius 3 is 2.76 bits per heavy atom. The molecule has 2 fully saturated rings. The van der Waals surface area contributed by atoms with Crippen LogP contribution >= 0.6 is 0 Å². The first-order valence-corrected chi connectivity index (χ1v) is 11.5. The Morgan fingerprint density at radius 1 is 1.24 bits per heavy atom. The summed E-state index contributed by atoms with van der Waals surface area (Å²) in [7, 11) is 3.41. The van der Waals surface area contributed by atoms with Gasteiger partial charge in [0.1, 0.15) is 22.9 Å². The predicted molar refractivity (Wildman–Crippen MR) is 127 cm³/mol. The third-order valence-corrected chi connectivity index (χ3v) is 6.62. The number of carbonyl (C=O) groups excluding carboxylic acids is 1. The van der Waals surface area contributed by atoms with Gasteiger partial charge in [-0.25, -0.2) is 4.98 Å². The van der Waals surface area contributed by atoms with E-state index in [9.17, 15) is 9.59 Å². The summed E-state index contributed by atoms with van der Waals surface area (Å²) in [6.45, 7) is 1.30. The molecule has 2 atom stereocenters. The standard InChI is InChI=1S/C23H29N7O4/c1-24-20-12-19(26-17-4-3-9-29(23(17)32)14-7-10-34-11-8-14)28-21-15(13-25-30(20)21)22(31)27-16-5-6-18(16)33-2/h3-4,9,12-14,16,18,24H,5-8,10-11H2,1-2H3,(H,26,28)(H,27,31)/t16-,18-/m0/s1. The lowest BCUT2D eigenvalue weighted by atomic mass is 9.89. The molecule has 1 saturated carbocycles. The van der Waals surface area contributed by atoms with E-state index in [0.717, 1.165) is 25.7 Å². The Bertz CT molecular complexity index is 1250. The first-order valence-electron chi connectivity index (χ1n) is 11.5. The van der Waals surface area contributed by atoms with Crippen molar-refractivity contribution >= 4 is 28.9 Å². The molecule has 1 aliphatic heterocycles. The van der Waals surface area contributed by atoms with Crippen molar-refractivity contribution in [1.82, 2.24) is 24.5 Å². The number of methoxy groups -OCH3 is 1. The Hall–Kier alpha value is -3.44. The second-order valence-corrected chi connectivity index (χ2v) is 8.60. The molecule has 0 unspecified atom stereocenters. The molecule has 5 rings (SSSR count). The van der Waals surface area contributed by atoms with Crippen LogP contribution < -0.4 is 21.5 Å². The highest BCUT2D eigenvalue weighted by Crippen LogP contribution is 2.25. The minimum absolute atomic E-state index is 0.0227. The first kappa shape index (κ1) is 22.4. The average Bonchev–Trinajstić information content (AvgIpc) is 3.27. The Balaban J connectivity index is 1.44. The maximum Gasteiger partial charge on any atom is 0.274 e. The highest BCUT2D eigenvalue weighted by molar-refractivity contribution is 6.00. The molecule has 0 bridgehead atoms. The number of nitrogens with one attached hydrogen (secondary N) is 3. The average molecular weight is 468 g/mol. The molecule has 0 radical (unpaired) electrons. The number of nitrogens with zero attached hydrogens (tertiary/aromatic N) is 4. The van der Waals surface area contributed by atoms with Crippen LogP contribution in [-0.4, -0.2) is 64.6 Å². The molecule has 1 amide bonds. The molecular weight excluding hydrogens is 438 g/mol. The molecule has 1 aliphatic carbocycles. The summed E-state index contributed by atoms with van der Waals surface area (Å²) < 4.78 is 14.1. The molecule has 11 nitrogen and oxygen atoms in total. The van der Waals surface area contributed by atoms with Crippen molar-refractivity contribution in [3.05, 3.63) is 46.5 Å². The number of hydrogen-bond acceptors (Lipinski definition) is 8. The van der Waals surface area contributed by atoms with Crippen LogP contribution in [0.4, 0.5) is 17.3 Å². The van der Waals surface area contributed by atoms with Gasteiger partial charge < -0.3 is 30.0 Å². The largest absolute Gasteiger partial charge is 0.381 e. The molecule has 2 aliphatic rings. The summed E-state index contributed by atoms with van der Waals surface area (Å²) in [5.74, 6) is 0.812. The van der Waals surface area contributed by atoms with Crippen molar-refractivity contribution in [3.8, 4) is 0 Å². The Labute approximate surface area is 196 Å². The molecule has 1 saturated heterocycles. The number of hydrogen-bond donors (Lipinski definition) is 3. The minimum atomic E-state index is -0.255. The van der Waals surface area contributed by atoms with Gasteiger partial charge in [0.05, 0.1) is 18.3 Å². The fourth-order valence-corrected chi connectivity index (χ4v) is 4.52. The van der Waals surface area contributed by atoms with Crippen molar-refractivity contribution in [2.75, 3.05) is 38.0 Å². The van der Waals surface area contributed by atoms with Gasteiger partial charge in [-0.3, -0.25) is 9.59 Å². The number of anilines is 3. The number of amides is 1. The third kappa shape index (κ3) is 4.12. The van der Waals surface area contributed by atoms with E-state index in [1.165, 1.54) is 6.20 Å². The zero-order valence-corrected chi connectivity index (χ0v) is 19.3. The van der Waals surface area contributed by atoms with Gasteiger partial charge in [0, 0.05) is 45.7 Å². The van der Waals surface area contributed by atoms with Crippen molar-refractivity contribution < 1.29 is 14.3 Å². The maximum absolute atomic E-state index is 13.2. The smallest absolute Gasteiger partial charge is 0.274 e. The molecule has 11 heteroatoms. The van der Waals surface area contributed by atoms with E-state index in [4.69, 9.17) is 9.47 Å². The van der Waals surface area contributed by atoms with E-state index >= 15 is 0 Å². The topological polar surface area (TPSA) is 124 Å². The van der Waals surface area contributed by atoms with Gasteiger partial charge in [0.15, 0.2) is 5.65 Å². The van der Waals surface area contributed by atoms with Crippen LogP contribution in [0.5, 0.6) is 0 Å². The molecule has 180 valence electrons. The van der Waals surface area contributed by atoms with E-state index in [0.29, 0.717) is 41.7 Å². The lowest BCUT2D eigenvalue weighted by Crippen LogP contribution is -2.51. The number of carbonyl (C=O) groups is 1. The monoisotopic (exact) mass is 467 g/mol. The number of ether oxygens (including phenoxy) is 2. The predicted octanol–water partition coefficient (Wildman–Crippen LogP) is 1.93. The Kier molecular flexibility index (Phi) is 6.20. The van der Waals surface area contributed by atoms with Crippen LogP contribution in [-0.2, 0) is 9.47 Å². The second kappa shape index (κ2) is 9.43. The van der Waals surface area contributed by atoms with Gasteiger partial charge in [-0.2, -0.15) is 9.61 Å². The maximum atomic E-state index is 13.2. The van der Waals surface area contributed by atoms with Crippen LogP contribution in [0, 0.1) is 0 Å². The molecule has 3 aromatic heterocycles. The van der Waals surface area contributed by atoms with E-state index in [2.05, 4.69) is 26.0 Å². The van der Waals surface area contributed by atoms with Crippen LogP contribution in [0.2, 0.25) is 0 Å². The lowest BCUT2D eigenvalue weighted by Gasteiger charge is -2.35. The summed E-state index contributed by atoms with van der Waals surface area (Å²) in [4.78, 5) is 30.7. The van der Waals surface area contributed by atoms with Gasteiger partial charge in [-0.05, 0) is 37.8 Å². The highest BCUT2D eigenvalue weighted by Gasteiger charge is 2.33. The van der Waals surface area contributed by atoms with Gasteiger partial charge in [0.2, 0.25) is 0 Å². The zero-order valence-electron chi connectivity index (χ0n) is 19.3. The van der Waals surface area contributed by atoms with Crippen molar-refractivity contribution in [1.29, 1.82) is 0 Å². The highest BCUT2D eigenvalue weighted by atomic mass is 16.5. The third-order valence-electron chi connectivity index (χ3n) is 6.62. The second-order valence-electron chi connectivity index (χ2n) is 8.60. The number of pyridine rings is 1. The van der Waals surface area contributed by atoms with Crippen LogP contribution in [0.1, 0.15) is 42.1 Å². The summed E-state index contributed by atoms with van der Waals surface area (Å²) in [5, 5.41) is 13.6. The van der Waals surface area contributed by atoms with Gasteiger partial charge in [-0.15, -0.1) is 0 Å². The van der Waals surface area contributed by atoms with Gasteiger partial charge in [0.25, 0.3) is 11.5 Å².